The van der Waals surface area contributed by atoms with E-state index in [1.807, 2.05) is 0 Å². The molecule has 3 aliphatic heterocycles. The number of nitro benzene ring substituents is 1. The Kier molecular flexibility index (Phi) is 5.67. The zero-order valence-electron chi connectivity index (χ0n) is 18.0. The van der Waals surface area contributed by atoms with E-state index in [4.69, 9.17) is 23.7 Å². The molecule has 2 N–H and O–H groups in total. The molecule has 3 fully saturated rings. The van der Waals surface area contributed by atoms with Gasteiger partial charge in [-0.25, -0.2) is 0 Å². The van der Waals surface area contributed by atoms with Crippen LogP contribution < -0.4 is 10.6 Å². The van der Waals surface area contributed by atoms with Gasteiger partial charge in [0.25, 0.3) is 11.6 Å². The van der Waals surface area contributed by atoms with Crippen molar-refractivity contribution in [1.29, 1.82) is 0 Å². The van der Waals surface area contributed by atoms with Crippen molar-refractivity contribution in [3.8, 4) is 0 Å². The standard InChI is InChI=1S/C20H25N3O9/c1-19(2)29-13-14(30-19)16-18(32-20(3,4)31-16)28-15(13)17(25)21-9-12(24)22-10-6-5-7-11(8-10)23(26)27/h5-8,13-16,18H,9H2,1-4H3,(H,21,25)(H,22,24)/t13-,14+,15?,16-,18-/m1/s1. The third kappa shape index (κ3) is 4.59. The van der Waals surface area contributed by atoms with Gasteiger partial charge in [0, 0.05) is 17.8 Å². The number of fused-ring (bicyclic) bond motifs is 3. The lowest BCUT2D eigenvalue weighted by Crippen LogP contribution is -2.59. The van der Waals surface area contributed by atoms with Crippen molar-refractivity contribution >= 4 is 23.2 Å². The van der Waals surface area contributed by atoms with E-state index < -0.39 is 59.0 Å². The van der Waals surface area contributed by atoms with Gasteiger partial charge in [0.15, 0.2) is 24.0 Å². The highest BCUT2D eigenvalue weighted by Crippen LogP contribution is 2.44. The summed E-state index contributed by atoms with van der Waals surface area (Å²) in [5.74, 6) is -3.02. The molecule has 0 aliphatic carbocycles. The molecule has 2 amide bonds. The number of nitro groups is 1. The fourth-order valence-electron chi connectivity index (χ4n) is 3.99. The lowest BCUT2D eigenvalue weighted by Gasteiger charge is -2.36. The molecule has 0 aromatic heterocycles. The maximum absolute atomic E-state index is 12.9. The zero-order valence-corrected chi connectivity index (χ0v) is 18.0. The second kappa shape index (κ2) is 8.05. The SMILES string of the molecule is CC1(C)O[C@H]2OC(C(=O)NCC(=O)Nc3cccc([N+](=O)[O-])c3)[C@@H]3OC(C)(C)O[C@@H]3[C@H]2O1. The summed E-state index contributed by atoms with van der Waals surface area (Å²) < 4.78 is 29.3. The molecule has 1 unspecified atom stereocenters. The lowest BCUT2D eigenvalue weighted by atomic mass is 9.98. The number of nitrogens with zero attached hydrogens (tertiary/aromatic N) is 1. The number of amides is 2. The average molecular weight is 451 g/mol. The second-order valence-electron chi connectivity index (χ2n) is 8.66. The highest BCUT2D eigenvalue weighted by molar-refractivity contribution is 5.95. The van der Waals surface area contributed by atoms with E-state index in [0.29, 0.717) is 0 Å². The van der Waals surface area contributed by atoms with Gasteiger partial charge in [-0.3, -0.25) is 19.7 Å². The van der Waals surface area contributed by atoms with Gasteiger partial charge in [-0.05, 0) is 33.8 Å². The fraction of sp³-hybridized carbons (Fsp3) is 0.600. The van der Waals surface area contributed by atoms with Crippen molar-refractivity contribution in [2.45, 2.75) is 70.0 Å². The number of anilines is 1. The molecule has 0 radical (unpaired) electrons. The van der Waals surface area contributed by atoms with Crippen molar-refractivity contribution in [3.63, 3.8) is 0 Å². The molecule has 3 aliphatic rings. The van der Waals surface area contributed by atoms with Crippen molar-refractivity contribution in [1.82, 2.24) is 5.32 Å². The summed E-state index contributed by atoms with van der Waals surface area (Å²) in [5.41, 5.74) is 0.0778. The van der Waals surface area contributed by atoms with Gasteiger partial charge < -0.3 is 34.3 Å². The van der Waals surface area contributed by atoms with Crippen LogP contribution in [0.5, 0.6) is 0 Å². The maximum atomic E-state index is 12.9. The van der Waals surface area contributed by atoms with E-state index in [1.165, 1.54) is 24.3 Å². The maximum Gasteiger partial charge on any atom is 0.271 e. The first-order valence-electron chi connectivity index (χ1n) is 10.1. The summed E-state index contributed by atoms with van der Waals surface area (Å²) in [4.78, 5) is 35.4. The van der Waals surface area contributed by atoms with Crippen LogP contribution in [-0.2, 0) is 33.3 Å². The summed E-state index contributed by atoms with van der Waals surface area (Å²) in [5, 5.41) is 15.9. The third-order valence-electron chi connectivity index (χ3n) is 5.18. The van der Waals surface area contributed by atoms with Crippen molar-refractivity contribution in [2.75, 3.05) is 11.9 Å². The largest absolute Gasteiger partial charge is 0.345 e. The first-order chi connectivity index (χ1) is 14.9. The number of rotatable bonds is 5. The Morgan fingerprint density at radius 2 is 1.69 bits per heavy atom. The number of nitrogens with one attached hydrogen (secondary N) is 2. The number of ether oxygens (including phenoxy) is 5. The van der Waals surface area contributed by atoms with Gasteiger partial charge >= 0.3 is 0 Å². The topological polar surface area (TPSA) is 147 Å². The third-order valence-corrected chi connectivity index (χ3v) is 5.18. The molecular weight excluding hydrogens is 426 g/mol. The Bertz CT molecular complexity index is 935. The van der Waals surface area contributed by atoms with Crippen LogP contribution >= 0.6 is 0 Å². The van der Waals surface area contributed by atoms with Crippen LogP contribution in [0.15, 0.2) is 24.3 Å². The molecule has 5 atom stereocenters. The minimum atomic E-state index is -1.09. The summed E-state index contributed by atoms with van der Waals surface area (Å²) >= 11 is 0. The van der Waals surface area contributed by atoms with Gasteiger partial charge in [0.2, 0.25) is 5.91 Å². The Hall–Kier alpha value is -2.64. The number of non-ortho nitro benzene ring substituents is 1. The molecule has 0 spiro atoms. The minimum absolute atomic E-state index is 0.161. The van der Waals surface area contributed by atoms with E-state index in [1.54, 1.807) is 27.7 Å². The molecule has 4 rings (SSSR count). The summed E-state index contributed by atoms with van der Waals surface area (Å²) in [6, 6.07) is 5.48. The van der Waals surface area contributed by atoms with Gasteiger partial charge in [-0.2, -0.15) is 0 Å². The molecule has 12 heteroatoms. The van der Waals surface area contributed by atoms with E-state index in [9.17, 15) is 19.7 Å². The summed E-state index contributed by atoms with van der Waals surface area (Å²) in [7, 11) is 0. The Morgan fingerprint density at radius 1 is 1.03 bits per heavy atom. The smallest absolute Gasteiger partial charge is 0.271 e. The molecule has 174 valence electrons. The van der Waals surface area contributed by atoms with Crippen LogP contribution in [-0.4, -0.2) is 65.6 Å². The first kappa shape index (κ1) is 22.6. The molecule has 3 saturated heterocycles. The molecule has 0 bridgehead atoms. The average Bonchev–Trinajstić information content (AvgIpc) is 3.19. The number of carbonyl (C=O) groups is 2. The number of hydrogen-bond donors (Lipinski definition) is 2. The van der Waals surface area contributed by atoms with Crippen molar-refractivity contribution < 1.29 is 38.2 Å². The quantitative estimate of drug-likeness (QED) is 0.495. The predicted molar refractivity (Wildman–Crippen MR) is 107 cm³/mol. The van der Waals surface area contributed by atoms with Crippen molar-refractivity contribution in [2.24, 2.45) is 0 Å². The number of carbonyl (C=O) groups excluding carboxylic acids is 2. The van der Waals surface area contributed by atoms with Gasteiger partial charge in [0.1, 0.15) is 18.3 Å². The van der Waals surface area contributed by atoms with Crippen LogP contribution in [0.4, 0.5) is 11.4 Å². The molecule has 1 aromatic carbocycles. The van der Waals surface area contributed by atoms with Gasteiger partial charge in [-0.1, -0.05) is 6.07 Å². The minimum Gasteiger partial charge on any atom is -0.345 e. The van der Waals surface area contributed by atoms with Crippen LogP contribution in [0.25, 0.3) is 0 Å². The van der Waals surface area contributed by atoms with E-state index in [2.05, 4.69) is 10.6 Å². The Morgan fingerprint density at radius 3 is 2.41 bits per heavy atom. The van der Waals surface area contributed by atoms with Gasteiger partial charge in [-0.15, -0.1) is 0 Å². The predicted octanol–water partition coefficient (Wildman–Crippen LogP) is 1.05. The molecule has 32 heavy (non-hydrogen) atoms. The Balaban J connectivity index is 1.40. The van der Waals surface area contributed by atoms with E-state index >= 15 is 0 Å². The van der Waals surface area contributed by atoms with Crippen LogP contribution in [0.3, 0.4) is 0 Å². The van der Waals surface area contributed by atoms with Crippen LogP contribution in [0, 0.1) is 10.1 Å². The van der Waals surface area contributed by atoms with E-state index in [-0.39, 0.29) is 17.9 Å². The first-order valence-corrected chi connectivity index (χ1v) is 10.1. The summed E-state index contributed by atoms with van der Waals surface area (Å²) in [6.07, 6.45) is -3.86. The number of hydrogen-bond acceptors (Lipinski definition) is 9. The Labute approximate surface area is 183 Å². The molecule has 0 saturated carbocycles. The lowest BCUT2D eigenvalue weighted by molar-refractivity contribution is -0.384. The van der Waals surface area contributed by atoms with Gasteiger partial charge in [0.05, 0.1) is 11.5 Å². The summed E-state index contributed by atoms with van der Waals surface area (Å²) in [6.45, 7) is 6.54. The normalized spacial score (nSPS) is 31.9. The molecule has 1 aromatic rings. The van der Waals surface area contributed by atoms with E-state index in [0.717, 1.165) is 0 Å². The monoisotopic (exact) mass is 451 g/mol. The molecule has 12 nitrogen and oxygen atoms in total. The van der Waals surface area contributed by atoms with Crippen LogP contribution in [0.1, 0.15) is 27.7 Å². The fourth-order valence-corrected chi connectivity index (χ4v) is 3.99. The molecule has 3 heterocycles. The highest BCUT2D eigenvalue weighted by atomic mass is 16.9. The second-order valence-corrected chi connectivity index (χ2v) is 8.66. The zero-order chi connectivity index (χ0) is 23.3. The number of benzene rings is 1. The van der Waals surface area contributed by atoms with Crippen molar-refractivity contribution in [3.05, 3.63) is 34.4 Å². The van der Waals surface area contributed by atoms with Crippen LogP contribution in [0.2, 0.25) is 0 Å². The highest BCUT2D eigenvalue weighted by Gasteiger charge is 2.62. The molecular formula is C20H25N3O9.